The fourth-order valence-electron chi connectivity index (χ4n) is 6.28. The third-order valence-electron chi connectivity index (χ3n) is 10.7. The van der Waals surface area contributed by atoms with Crippen LogP contribution in [0.15, 0.2) is 78.9 Å². The van der Waals surface area contributed by atoms with Crippen molar-refractivity contribution in [2.45, 2.75) is 118 Å². The number of rotatable bonds is 13. The summed E-state index contributed by atoms with van der Waals surface area (Å²) < 4.78 is 18.4. The Balaban J connectivity index is 1.68. The molecular formula is C44H54O5. The molecule has 0 amide bonds. The Morgan fingerprint density at radius 1 is 0.531 bits per heavy atom. The van der Waals surface area contributed by atoms with Gasteiger partial charge in [-0.15, -0.1) is 0 Å². The number of ether oxygens (including phenoxy) is 3. The summed E-state index contributed by atoms with van der Waals surface area (Å²) in [7, 11) is 0. The van der Waals surface area contributed by atoms with Crippen LogP contribution in [-0.4, -0.2) is 23.1 Å². The van der Waals surface area contributed by atoms with Crippen LogP contribution in [0.4, 0.5) is 0 Å². The minimum absolute atomic E-state index is 0.222. The Morgan fingerprint density at radius 3 is 1.37 bits per heavy atom. The number of esters is 2. The normalized spacial score (nSPS) is 13.0. The second kappa shape index (κ2) is 15.0. The van der Waals surface area contributed by atoms with Gasteiger partial charge in [-0.2, -0.15) is 0 Å². The summed E-state index contributed by atoms with van der Waals surface area (Å²) in [5.41, 5.74) is 6.87. The van der Waals surface area contributed by atoms with Crippen LogP contribution in [0.3, 0.4) is 0 Å². The lowest BCUT2D eigenvalue weighted by molar-refractivity contribution is -0.0131. The molecule has 0 aliphatic heterocycles. The van der Waals surface area contributed by atoms with Gasteiger partial charge in [0.2, 0.25) is 0 Å². The number of benzene rings is 4. The first-order chi connectivity index (χ1) is 23.1. The molecule has 1 atom stereocenters. The summed E-state index contributed by atoms with van der Waals surface area (Å²) in [4.78, 5) is 26.1. The lowest BCUT2D eigenvalue weighted by Crippen LogP contribution is -2.31. The zero-order chi connectivity index (χ0) is 36.1. The average molecular weight is 663 g/mol. The molecular weight excluding hydrogens is 608 g/mol. The number of carbonyl (C=O) groups excluding carboxylic acids is 2. The van der Waals surface area contributed by atoms with Gasteiger partial charge in [0.05, 0.1) is 11.1 Å². The van der Waals surface area contributed by atoms with Crippen molar-refractivity contribution in [1.29, 1.82) is 0 Å². The summed E-state index contributed by atoms with van der Waals surface area (Å²) in [5.74, 6) is 0.599. The Labute approximate surface area is 294 Å². The SMILES string of the molecule is CCC(C)(CC)OC(=O)c1ccc(C(=O)Oc2c(C)cc(C(C)(c3ccccc3)c3cc(C)c(OC(C)(CC)CC)c(C)c3)cc2C)cc1. The number of hydrogen-bond donors (Lipinski definition) is 0. The predicted molar refractivity (Wildman–Crippen MR) is 199 cm³/mol. The van der Waals surface area contributed by atoms with Crippen molar-refractivity contribution in [1.82, 2.24) is 0 Å². The van der Waals surface area contributed by atoms with Gasteiger partial charge in [-0.05, 0) is 137 Å². The molecule has 0 aliphatic carbocycles. The topological polar surface area (TPSA) is 61.8 Å². The summed E-state index contributed by atoms with van der Waals surface area (Å²) in [6, 6.07) is 25.7. The maximum atomic E-state index is 13.3. The van der Waals surface area contributed by atoms with E-state index < -0.39 is 23.0 Å². The molecule has 0 saturated carbocycles. The van der Waals surface area contributed by atoms with E-state index in [1.54, 1.807) is 24.3 Å². The highest BCUT2D eigenvalue weighted by molar-refractivity contribution is 5.94. The van der Waals surface area contributed by atoms with Crippen molar-refractivity contribution >= 4 is 11.9 Å². The van der Waals surface area contributed by atoms with Crippen LogP contribution >= 0.6 is 0 Å². The maximum absolute atomic E-state index is 13.3. The zero-order valence-corrected chi connectivity index (χ0v) is 31.4. The molecule has 0 bridgehead atoms. The van der Waals surface area contributed by atoms with E-state index in [0.29, 0.717) is 16.9 Å². The highest BCUT2D eigenvalue weighted by atomic mass is 16.6. The molecule has 0 radical (unpaired) electrons. The molecule has 260 valence electrons. The van der Waals surface area contributed by atoms with E-state index in [1.165, 1.54) is 0 Å². The van der Waals surface area contributed by atoms with E-state index in [4.69, 9.17) is 14.2 Å². The van der Waals surface area contributed by atoms with Crippen molar-refractivity contribution in [3.8, 4) is 11.5 Å². The molecule has 0 N–H and O–H groups in total. The van der Waals surface area contributed by atoms with E-state index in [-0.39, 0.29) is 5.60 Å². The van der Waals surface area contributed by atoms with Gasteiger partial charge in [-0.25, -0.2) is 9.59 Å². The van der Waals surface area contributed by atoms with Crippen LogP contribution in [0.2, 0.25) is 0 Å². The zero-order valence-electron chi connectivity index (χ0n) is 31.4. The molecule has 4 aromatic rings. The molecule has 1 unspecified atom stereocenters. The van der Waals surface area contributed by atoms with E-state index in [2.05, 4.69) is 90.1 Å². The van der Waals surface area contributed by atoms with Crippen LogP contribution in [-0.2, 0) is 10.2 Å². The molecule has 5 nitrogen and oxygen atoms in total. The fraction of sp³-hybridized carbons (Fsp3) is 0.409. The molecule has 0 saturated heterocycles. The molecule has 0 spiro atoms. The van der Waals surface area contributed by atoms with Gasteiger partial charge < -0.3 is 14.2 Å². The van der Waals surface area contributed by atoms with E-state index in [0.717, 1.165) is 70.4 Å². The maximum Gasteiger partial charge on any atom is 0.343 e. The molecule has 0 aromatic heterocycles. The number of hydrogen-bond acceptors (Lipinski definition) is 5. The van der Waals surface area contributed by atoms with E-state index in [1.807, 2.05) is 40.7 Å². The Bertz CT molecular complexity index is 1730. The van der Waals surface area contributed by atoms with E-state index in [9.17, 15) is 9.59 Å². The average Bonchev–Trinajstić information content (AvgIpc) is 3.10. The molecule has 49 heavy (non-hydrogen) atoms. The minimum Gasteiger partial charge on any atom is -0.487 e. The highest BCUT2D eigenvalue weighted by Gasteiger charge is 2.34. The van der Waals surface area contributed by atoms with Crippen LogP contribution in [0.25, 0.3) is 0 Å². The van der Waals surface area contributed by atoms with Gasteiger partial charge >= 0.3 is 11.9 Å². The van der Waals surface area contributed by atoms with Gasteiger partial charge in [-0.1, -0.05) is 82.3 Å². The van der Waals surface area contributed by atoms with Crippen LogP contribution in [0.5, 0.6) is 11.5 Å². The van der Waals surface area contributed by atoms with Crippen molar-refractivity contribution in [2.75, 3.05) is 0 Å². The minimum atomic E-state index is -0.520. The van der Waals surface area contributed by atoms with Crippen molar-refractivity contribution in [3.63, 3.8) is 0 Å². The second-order valence-electron chi connectivity index (χ2n) is 14.1. The first-order valence-electron chi connectivity index (χ1n) is 17.7. The summed E-state index contributed by atoms with van der Waals surface area (Å²) in [5, 5.41) is 0. The van der Waals surface area contributed by atoms with Crippen molar-refractivity contribution < 1.29 is 23.8 Å². The number of aryl methyl sites for hydroxylation is 4. The highest BCUT2D eigenvalue weighted by Crippen LogP contribution is 2.44. The second-order valence-corrected chi connectivity index (χ2v) is 14.1. The molecule has 5 heteroatoms. The largest absolute Gasteiger partial charge is 0.487 e. The first-order valence-corrected chi connectivity index (χ1v) is 17.7. The standard InChI is InChI=1S/C44H54O5/c1-12-42(9,13-2)48-39-31(7)27-37(28-32(39)8)44(11,35-19-17-16-18-20-35)36-25-29(5)38(30(6)26-36)47-40(45)33-21-23-34(24-22-33)41(46)49-43(10,14-3)15-4/h16-28H,12-15H2,1-11H3. The summed E-state index contributed by atoms with van der Waals surface area (Å²) >= 11 is 0. The summed E-state index contributed by atoms with van der Waals surface area (Å²) in [6.45, 7) is 22.9. The Hall–Kier alpha value is -4.38. The molecule has 4 rings (SSSR count). The quantitative estimate of drug-likeness (QED) is 0.0810. The van der Waals surface area contributed by atoms with Crippen LogP contribution < -0.4 is 9.47 Å². The third-order valence-corrected chi connectivity index (χ3v) is 10.7. The van der Waals surface area contributed by atoms with Gasteiger partial charge in [0.15, 0.2) is 0 Å². The van der Waals surface area contributed by atoms with Crippen LogP contribution in [0.1, 0.15) is 134 Å². The third kappa shape index (κ3) is 7.93. The lowest BCUT2D eigenvalue weighted by atomic mass is 9.69. The Kier molecular flexibility index (Phi) is 11.5. The van der Waals surface area contributed by atoms with Crippen LogP contribution in [0, 0.1) is 27.7 Å². The molecule has 4 aromatic carbocycles. The van der Waals surface area contributed by atoms with Gasteiger partial charge in [-0.3, -0.25) is 0 Å². The summed E-state index contributed by atoms with van der Waals surface area (Å²) in [6.07, 6.45) is 3.30. The molecule has 0 heterocycles. The van der Waals surface area contributed by atoms with E-state index >= 15 is 0 Å². The van der Waals surface area contributed by atoms with Crippen molar-refractivity contribution in [2.24, 2.45) is 0 Å². The Morgan fingerprint density at radius 2 is 0.939 bits per heavy atom. The lowest BCUT2D eigenvalue weighted by Gasteiger charge is -2.35. The monoisotopic (exact) mass is 662 g/mol. The van der Waals surface area contributed by atoms with Gasteiger partial charge in [0.1, 0.15) is 22.7 Å². The fourth-order valence-corrected chi connectivity index (χ4v) is 6.28. The number of carbonyl (C=O) groups is 2. The van der Waals surface area contributed by atoms with Crippen molar-refractivity contribution in [3.05, 3.63) is 129 Å². The molecule has 0 aliphatic rings. The smallest absolute Gasteiger partial charge is 0.343 e. The molecule has 0 fully saturated rings. The first kappa shape index (κ1) is 37.4. The van der Waals surface area contributed by atoms with Gasteiger partial charge in [0, 0.05) is 5.41 Å². The van der Waals surface area contributed by atoms with Gasteiger partial charge in [0.25, 0.3) is 0 Å². The predicted octanol–water partition coefficient (Wildman–Crippen LogP) is 11.2.